The second-order valence-corrected chi connectivity index (χ2v) is 6.52. The number of carbonyl (C=O) groups is 2. The molecule has 1 atom stereocenters. The van der Waals surface area contributed by atoms with Crippen LogP contribution in [0.15, 0.2) is 42.5 Å². The predicted octanol–water partition coefficient (Wildman–Crippen LogP) is 4.29. The number of esters is 2. The van der Waals surface area contributed by atoms with Crippen molar-refractivity contribution in [1.29, 1.82) is 0 Å². The first-order valence-corrected chi connectivity index (χ1v) is 8.59. The maximum atomic E-state index is 12.5. The van der Waals surface area contributed by atoms with Gasteiger partial charge in [0.15, 0.2) is 6.10 Å². The summed E-state index contributed by atoms with van der Waals surface area (Å²) >= 11 is 0. The Kier molecular flexibility index (Phi) is 6.18. The maximum Gasteiger partial charge on any atom is 0.348 e. The molecule has 0 aromatic heterocycles. The molecule has 1 aliphatic rings. The van der Waals surface area contributed by atoms with Gasteiger partial charge in [0.1, 0.15) is 5.60 Å². The lowest BCUT2D eigenvalue weighted by molar-refractivity contribution is -0.179. The Labute approximate surface area is 143 Å². The van der Waals surface area contributed by atoms with Crippen molar-refractivity contribution in [3.05, 3.63) is 48.0 Å². The van der Waals surface area contributed by atoms with Gasteiger partial charge in [-0.25, -0.2) is 9.59 Å². The standard InChI is InChI=1S/C20H26O4/c1-15(2)18(21)23-16(3)19(22)24-20(13-9-4-5-10-14-20)17-11-7-6-8-12-17/h6-8,11-12,16H,1,4-5,9-10,13-14H2,2-3H3. The van der Waals surface area contributed by atoms with E-state index >= 15 is 0 Å². The normalized spacial score (nSPS) is 18.1. The van der Waals surface area contributed by atoms with E-state index in [4.69, 9.17) is 9.47 Å². The van der Waals surface area contributed by atoms with Gasteiger partial charge in [0, 0.05) is 5.57 Å². The molecule has 0 spiro atoms. The van der Waals surface area contributed by atoms with E-state index in [-0.39, 0.29) is 5.57 Å². The smallest absolute Gasteiger partial charge is 0.348 e. The Hall–Kier alpha value is -2.10. The SMILES string of the molecule is C=C(C)C(=O)OC(C)C(=O)OC1(c2ccccc2)CCCCCC1. The van der Waals surface area contributed by atoms with Crippen LogP contribution in [0.3, 0.4) is 0 Å². The quantitative estimate of drug-likeness (QED) is 0.459. The molecule has 0 aliphatic heterocycles. The molecular weight excluding hydrogens is 304 g/mol. The molecule has 1 unspecified atom stereocenters. The zero-order chi connectivity index (χ0) is 17.6. The van der Waals surface area contributed by atoms with Gasteiger partial charge in [-0.05, 0) is 45.1 Å². The summed E-state index contributed by atoms with van der Waals surface area (Å²) in [5.74, 6) is -1.08. The van der Waals surface area contributed by atoms with Crippen molar-refractivity contribution in [2.75, 3.05) is 0 Å². The van der Waals surface area contributed by atoms with E-state index in [1.165, 1.54) is 0 Å². The Morgan fingerprint density at radius 3 is 2.21 bits per heavy atom. The lowest BCUT2D eigenvalue weighted by Crippen LogP contribution is -2.37. The second-order valence-electron chi connectivity index (χ2n) is 6.52. The van der Waals surface area contributed by atoms with E-state index in [2.05, 4.69) is 6.58 Å². The van der Waals surface area contributed by atoms with Crippen LogP contribution < -0.4 is 0 Å². The molecule has 1 fully saturated rings. The molecule has 130 valence electrons. The molecule has 24 heavy (non-hydrogen) atoms. The van der Waals surface area contributed by atoms with E-state index in [0.29, 0.717) is 0 Å². The minimum absolute atomic E-state index is 0.266. The Morgan fingerprint density at radius 1 is 1.08 bits per heavy atom. The molecule has 0 amide bonds. The van der Waals surface area contributed by atoms with E-state index < -0.39 is 23.6 Å². The molecule has 1 aromatic carbocycles. The first kappa shape index (κ1) is 18.2. The minimum Gasteiger partial charge on any atom is -0.451 e. The lowest BCUT2D eigenvalue weighted by atomic mass is 9.86. The van der Waals surface area contributed by atoms with Gasteiger partial charge >= 0.3 is 11.9 Å². The fourth-order valence-corrected chi connectivity index (χ4v) is 3.08. The van der Waals surface area contributed by atoms with Crippen molar-refractivity contribution in [3.63, 3.8) is 0 Å². The summed E-state index contributed by atoms with van der Waals surface area (Å²) in [6.45, 7) is 6.62. The average Bonchev–Trinajstić information content (AvgIpc) is 2.82. The molecule has 4 heteroatoms. The van der Waals surface area contributed by atoms with Crippen molar-refractivity contribution < 1.29 is 19.1 Å². The molecule has 1 aliphatic carbocycles. The van der Waals surface area contributed by atoms with Crippen LogP contribution in [0, 0.1) is 0 Å². The van der Waals surface area contributed by atoms with Crippen LogP contribution in [0.25, 0.3) is 0 Å². The topological polar surface area (TPSA) is 52.6 Å². The first-order valence-electron chi connectivity index (χ1n) is 8.59. The first-order chi connectivity index (χ1) is 11.4. The third-order valence-corrected chi connectivity index (χ3v) is 4.47. The van der Waals surface area contributed by atoms with Crippen LogP contribution in [0.1, 0.15) is 57.9 Å². The van der Waals surface area contributed by atoms with Crippen molar-refractivity contribution in [1.82, 2.24) is 0 Å². The average molecular weight is 330 g/mol. The van der Waals surface area contributed by atoms with E-state index in [9.17, 15) is 9.59 Å². The highest BCUT2D eigenvalue weighted by molar-refractivity contribution is 5.89. The van der Waals surface area contributed by atoms with Gasteiger partial charge in [-0.3, -0.25) is 0 Å². The van der Waals surface area contributed by atoms with E-state index in [0.717, 1.165) is 44.1 Å². The van der Waals surface area contributed by atoms with Crippen molar-refractivity contribution in [2.45, 2.75) is 64.1 Å². The number of hydrogen-bond donors (Lipinski definition) is 0. The highest BCUT2D eigenvalue weighted by Gasteiger charge is 2.38. The maximum absolute atomic E-state index is 12.5. The summed E-state index contributed by atoms with van der Waals surface area (Å²) in [4.78, 5) is 24.2. The molecule has 1 saturated carbocycles. The zero-order valence-electron chi connectivity index (χ0n) is 14.5. The van der Waals surface area contributed by atoms with Crippen LogP contribution in [-0.2, 0) is 24.7 Å². The number of hydrogen-bond acceptors (Lipinski definition) is 4. The molecule has 0 saturated heterocycles. The molecule has 0 radical (unpaired) electrons. The summed E-state index contributed by atoms with van der Waals surface area (Å²) in [6.07, 6.45) is 4.97. The zero-order valence-corrected chi connectivity index (χ0v) is 14.5. The Bertz CT molecular complexity index is 583. The van der Waals surface area contributed by atoms with Crippen molar-refractivity contribution in [3.8, 4) is 0 Å². The van der Waals surface area contributed by atoms with Crippen LogP contribution in [0.2, 0.25) is 0 Å². The fraction of sp³-hybridized carbons (Fsp3) is 0.500. The van der Waals surface area contributed by atoms with E-state index in [1.54, 1.807) is 13.8 Å². The number of rotatable bonds is 5. The van der Waals surface area contributed by atoms with Crippen LogP contribution in [0.4, 0.5) is 0 Å². The summed E-state index contributed by atoms with van der Waals surface area (Å²) in [6, 6.07) is 9.87. The van der Waals surface area contributed by atoms with Gasteiger partial charge in [0.25, 0.3) is 0 Å². The molecule has 0 bridgehead atoms. The highest BCUT2D eigenvalue weighted by atomic mass is 16.6. The second kappa shape index (κ2) is 8.13. The van der Waals surface area contributed by atoms with Gasteiger partial charge < -0.3 is 9.47 Å². The minimum atomic E-state index is -0.946. The van der Waals surface area contributed by atoms with Crippen molar-refractivity contribution >= 4 is 11.9 Å². The monoisotopic (exact) mass is 330 g/mol. The molecule has 1 aromatic rings. The number of carbonyl (C=O) groups excluding carboxylic acids is 2. The number of ether oxygens (including phenoxy) is 2. The predicted molar refractivity (Wildman–Crippen MR) is 92.3 cm³/mol. The van der Waals surface area contributed by atoms with Gasteiger partial charge in [-0.15, -0.1) is 0 Å². The summed E-state index contributed by atoms with van der Waals surface area (Å²) in [7, 11) is 0. The van der Waals surface area contributed by atoms with Gasteiger partial charge in [0.05, 0.1) is 0 Å². The Morgan fingerprint density at radius 2 is 1.67 bits per heavy atom. The fourth-order valence-electron chi connectivity index (χ4n) is 3.08. The Balaban J connectivity index is 2.17. The summed E-state index contributed by atoms with van der Waals surface area (Å²) < 4.78 is 11.1. The molecule has 0 N–H and O–H groups in total. The highest BCUT2D eigenvalue weighted by Crippen LogP contribution is 2.39. The van der Waals surface area contributed by atoms with Crippen LogP contribution in [0.5, 0.6) is 0 Å². The summed E-state index contributed by atoms with van der Waals surface area (Å²) in [5, 5.41) is 0. The molecular formula is C20H26O4. The number of benzene rings is 1. The largest absolute Gasteiger partial charge is 0.451 e. The van der Waals surface area contributed by atoms with Gasteiger partial charge in [0.2, 0.25) is 0 Å². The van der Waals surface area contributed by atoms with Gasteiger partial charge in [-0.1, -0.05) is 49.8 Å². The third kappa shape index (κ3) is 4.47. The lowest BCUT2D eigenvalue weighted by Gasteiger charge is -2.34. The summed E-state index contributed by atoms with van der Waals surface area (Å²) in [5.41, 5.74) is 0.652. The van der Waals surface area contributed by atoms with Gasteiger partial charge in [-0.2, -0.15) is 0 Å². The molecule has 0 heterocycles. The molecule has 2 rings (SSSR count). The molecule has 4 nitrogen and oxygen atoms in total. The van der Waals surface area contributed by atoms with Crippen LogP contribution >= 0.6 is 0 Å². The van der Waals surface area contributed by atoms with Crippen molar-refractivity contribution in [2.24, 2.45) is 0 Å². The van der Waals surface area contributed by atoms with E-state index in [1.807, 2.05) is 30.3 Å². The van der Waals surface area contributed by atoms with Crippen LogP contribution in [-0.4, -0.2) is 18.0 Å². The third-order valence-electron chi connectivity index (χ3n) is 4.47.